The second kappa shape index (κ2) is 5.10. The van der Waals surface area contributed by atoms with Gasteiger partial charge in [-0.25, -0.2) is 0 Å². The van der Waals surface area contributed by atoms with Gasteiger partial charge in [0.05, 0.1) is 5.52 Å². The van der Waals surface area contributed by atoms with E-state index in [-0.39, 0.29) is 0 Å². The number of aryl methyl sites for hydroxylation is 1. The van der Waals surface area contributed by atoms with E-state index in [2.05, 4.69) is 10.6 Å². The van der Waals surface area contributed by atoms with Crippen LogP contribution in [0.15, 0.2) is 48.7 Å². The van der Waals surface area contributed by atoms with Crippen LogP contribution in [0.25, 0.3) is 10.9 Å². The molecular formula is C16H15ClN2O. The van der Waals surface area contributed by atoms with Crippen molar-refractivity contribution in [1.29, 1.82) is 0 Å². The lowest BCUT2D eigenvalue weighted by Crippen LogP contribution is -1.96. The van der Waals surface area contributed by atoms with E-state index < -0.39 is 0 Å². The highest BCUT2D eigenvalue weighted by Crippen LogP contribution is 2.27. The molecule has 102 valence electrons. The molecule has 0 bridgehead atoms. The fraction of sp³-hybridized carbons (Fsp3) is 0.125. The van der Waals surface area contributed by atoms with Gasteiger partial charge >= 0.3 is 0 Å². The smallest absolute Gasteiger partial charge is 0.121 e. The van der Waals surface area contributed by atoms with E-state index in [9.17, 15) is 0 Å². The summed E-state index contributed by atoms with van der Waals surface area (Å²) in [6.45, 7) is 0.464. The zero-order valence-corrected chi connectivity index (χ0v) is 11.9. The Morgan fingerprint density at radius 3 is 2.80 bits per heavy atom. The van der Waals surface area contributed by atoms with Gasteiger partial charge in [0.2, 0.25) is 0 Å². The molecule has 0 saturated carbocycles. The van der Waals surface area contributed by atoms with E-state index in [0.717, 1.165) is 27.9 Å². The lowest BCUT2D eigenvalue weighted by molar-refractivity contribution is 0.307. The molecule has 20 heavy (non-hydrogen) atoms. The van der Waals surface area contributed by atoms with Crippen molar-refractivity contribution in [2.45, 2.75) is 6.61 Å². The Bertz CT molecular complexity index is 764. The molecule has 0 fully saturated rings. The highest BCUT2D eigenvalue weighted by atomic mass is 35.5. The third-order valence-electron chi connectivity index (χ3n) is 3.32. The number of benzene rings is 2. The van der Waals surface area contributed by atoms with E-state index >= 15 is 0 Å². The van der Waals surface area contributed by atoms with Crippen molar-refractivity contribution in [1.82, 2.24) is 4.57 Å². The summed E-state index contributed by atoms with van der Waals surface area (Å²) in [6, 6.07) is 13.3. The summed E-state index contributed by atoms with van der Waals surface area (Å²) in [7, 11) is 2.00. The van der Waals surface area contributed by atoms with Crippen molar-refractivity contribution in [3.05, 3.63) is 59.2 Å². The van der Waals surface area contributed by atoms with Crippen LogP contribution >= 0.6 is 11.6 Å². The molecule has 3 aromatic rings. The van der Waals surface area contributed by atoms with Gasteiger partial charge in [-0.05, 0) is 30.3 Å². The number of halogens is 1. The summed E-state index contributed by atoms with van der Waals surface area (Å²) in [5.41, 5.74) is 9.02. The SMILES string of the molecule is Cn1cc(COc2cccc(Cl)c2)c2c(N)cccc21. The summed E-state index contributed by atoms with van der Waals surface area (Å²) in [5, 5.41) is 1.72. The summed E-state index contributed by atoms with van der Waals surface area (Å²) >= 11 is 5.95. The van der Waals surface area contributed by atoms with Gasteiger partial charge in [-0.2, -0.15) is 0 Å². The molecule has 0 unspecified atom stereocenters. The molecule has 1 heterocycles. The quantitative estimate of drug-likeness (QED) is 0.740. The van der Waals surface area contributed by atoms with Crippen LogP contribution in [0.4, 0.5) is 5.69 Å². The molecule has 0 aliphatic rings. The Kier molecular flexibility index (Phi) is 3.28. The van der Waals surface area contributed by atoms with Gasteiger partial charge < -0.3 is 15.0 Å². The Morgan fingerprint density at radius 2 is 2.00 bits per heavy atom. The molecular weight excluding hydrogens is 272 g/mol. The maximum absolute atomic E-state index is 6.07. The predicted molar refractivity (Wildman–Crippen MR) is 83.1 cm³/mol. The molecule has 0 aliphatic carbocycles. The fourth-order valence-corrected chi connectivity index (χ4v) is 2.58. The average Bonchev–Trinajstić information content (AvgIpc) is 2.75. The second-order valence-electron chi connectivity index (χ2n) is 4.75. The Hall–Kier alpha value is -2.13. The third kappa shape index (κ3) is 2.32. The fourth-order valence-electron chi connectivity index (χ4n) is 2.40. The number of ether oxygens (including phenoxy) is 1. The Morgan fingerprint density at radius 1 is 1.20 bits per heavy atom. The molecule has 4 heteroatoms. The predicted octanol–water partition coefficient (Wildman–Crippen LogP) is 3.99. The van der Waals surface area contributed by atoms with Crippen molar-refractivity contribution in [2.75, 3.05) is 5.73 Å². The monoisotopic (exact) mass is 286 g/mol. The van der Waals surface area contributed by atoms with Gasteiger partial charge in [0.25, 0.3) is 0 Å². The lowest BCUT2D eigenvalue weighted by atomic mass is 10.1. The lowest BCUT2D eigenvalue weighted by Gasteiger charge is -2.06. The molecule has 0 saturated heterocycles. The van der Waals surface area contributed by atoms with Gasteiger partial charge in [-0.3, -0.25) is 0 Å². The van der Waals surface area contributed by atoms with Crippen LogP contribution in [0.1, 0.15) is 5.56 Å². The molecule has 0 atom stereocenters. The maximum Gasteiger partial charge on any atom is 0.121 e. The summed E-state index contributed by atoms with van der Waals surface area (Å²) in [6.07, 6.45) is 2.05. The second-order valence-corrected chi connectivity index (χ2v) is 5.19. The number of nitrogen functional groups attached to an aromatic ring is 1. The number of anilines is 1. The van der Waals surface area contributed by atoms with E-state index in [1.165, 1.54) is 0 Å². The van der Waals surface area contributed by atoms with Gasteiger partial charge in [0.15, 0.2) is 0 Å². The first kappa shape index (κ1) is 12.9. The molecule has 1 aromatic heterocycles. The zero-order chi connectivity index (χ0) is 14.1. The minimum Gasteiger partial charge on any atom is -0.489 e. The van der Waals surface area contributed by atoms with Crippen LogP contribution in [-0.4, -0.2) is 4.57 Å². The van der Waals surface area contributed by atoms with E-state index in [0.29, 0.717) is 11.6 Å². The number of nitrogens with two attached hydrogens (primary N) is 1. The van der Waals surface area contributed by atoms with Gasteiger partial charge in [-0.1, -0.05) is 23.7 Å². The molecule has 3 nitrogen and oxygen atoms in total. The van der Waals surface area contributed by atoms with Crippen molar-refractivity contribution in [3.8, 4) is 5.75 Å². The third-order valence-corrected chi connectivity index (χ3v) is 3.55. The van der Waals surface area contributed by atoms with E-state index in [1.54, 1.807) is 6.07 Å². The van der Waals surface area contributed by atoms with Crippen LogP contribution in [0, 0.1) is 0 Å². The topological polar surface area (TPSA) is 40.2 Å². The number of rotatable bonds is 3. The molecule has 3 rings (SSSR count). The van der Waals surface area contributed by atoms with Crippen LogP contribution in [0.2, 0.25) is 5.02 Å². The van der Waals surface area contributed by atoms with Gasteiger partial charge in [-0.15, -0.1) is 0 Å². The van der Waals surface area contributed by atoms with Gasteiger partial charge in [0, 0.05) is 34.9 Å². The van der Waals surface area contributed by atoms with Crippen LogP contribution in [0.5, 0.6) is 5.75 Å². The standard InChI is InChI=1S/C16H15ClN2O/c1-19-9-11(16-14(18)6-3-7-15(16)19)10-20-13-5-2-4-12(17)8-13/h2-9H,10,18H2,1H3. The van der Waals surface area contributed by atoms with Crippen molar-refractivity contribution >= 4 is 28.2 Å². The number of hydrogen-bond acceptors (Lipinski definition) is 2. The van der Waals surface area contributed by atoms with Crippen LogP contribution in [-0.2, 0) is 13.7 Å². The first-order valence-corrected chi connectivity index (χ1v) is 6.74. The van der Waals surface area contributed by atoms with Gasteiger partial charge in [0.1, 0.15) is 12.4 Å². The van der Waals surface area contributed by atoms with Crippen molar-refractivity contribution < 1.29 is 4.74 Å². The molecule has 2 aromatic carbocycles. The number of aromatic nitrogens is 1. The normalized spacial score (nSPS) is 10.9. The van der Waals surface area contributed by atoms with E-state index in [4.69, 9.17) is 22.1 Å². The highest BCUT2D eigenvalue weighted by Gasteiger charge is 2.09. The highest BCUT2D eigenvalue weighted by molar-refractivity contribution is 6.30. The summed E-state index contributed by atoms with van der Waals surface area (Å²) in [4.78, 5) is 0. The number of fused-ring (bicyclic) bond motifs is 1. The molecule has 0 aliphatic heterocycles. The molecule has 0 spiro atoms. The van der Waals surface area contributed by atoms with E-state index in [1.807, 2.05) is 43.6 Å². The Labute approximate surface area is 122 Å². The first-order valence-electron chi connectivity index (χ1n) is 6.36. The Balaban J connectivity index is 1.92. The minimum atomic E-state index is 0.464. The number of hydrogen-bond donors (Lipinski definition) is 1. The van der Waals surface area contributed by atoms with Crippen LogP contribution in [0.3, 0.4) is 0 Å². The molecule has 2 N–H and O–H groups in total. The van der Waals surface area contributed by atoms with Crippen molar-refractivity contribution in [3.63, 3.8) is 0 Å². The summed E-state index contributed by atoms with van der Waals surface area (Å²) in [5.74, 6) is 0.754. The minimum absolute atomic E-state index is 0.464. The van der Waals surface area contributed by atoms with Crippen LogP contribution < -0.4 is 10.5 Å². The largest absolute Gasteiger partial charge is 0.489 e. The number of nitrogens with zero attached hydrogens (tertiary/aromatic N) is 1. The maximum atomic E-state index is 6.07. The first-order chi connectivity index (χ1) is 9.65. The molecule has 0 amide bonds. The average molecular weight is 287 g/mol. The van der Waals surface area contributed by atoms with Crippen molar-refractivity contribution in [2.24, 2.45) is 7.05 Å². The molecule has 0 radical (unpaired) electrons. The zero-order valence-electron chi connectivity index (χ0n) is 11.1. The summed E-state index contributed by atoms with van der Waals surface area (Å²) < 4.78 is 7.85.